The minimum atomic E-state index is -0.667. The van der Waals surface area contributed by atoms with Crippen molar-refractivity contribution in [2.75, 3.05) is 27.2 Å². The van der Waals surface area contributed by atoms with Crippen LogP contribution in [0.3, 0.4) is 0 Å². The van der Waals surface area contributed by atoms with Crippen LogP contribution in [0.25, 0.3) is 0 Å². The maximum atomic E-state index is 12.2. The van der Waals surface area contributed by atoms with Crippen LogP contribution in [0.1, 0.15) is 19.8 Å². The van der Waals surface area contributed by atoms with Gasteiger partial charge in [0.05, 0.1) is 0 Å². The van der Waals surface area contributed by atoms with Crippen LogP contribution >= 0.6 is 0 Å². The highest BCUT2D eigenvalue weighted by Crippen LogP contribution is 2.35. The van der Waals surface area contributed by atoms with Crippen molar-refractivity contribution in [2.24, 2.45) is 5.92 Å². The molecule has 0 aromatic carbocycles. The maximum absolute atomic E-state index is 12.2. The SMILES string of the molecule is CN1C(=O)N(C)C(C)(C2CCCNC2)C1=O. The molecule has 2 atom stereocenters. The number of hydrogen-bond acceptors (Lipinski definition) is 3. The van der Waals surface area contributed by atoms with Crippen molar-refractivity contribution in [2.45, 2.75) is 25.3 Å². The van der Waals surface area contributed by atoms with Gasteiger partial charge >= 0.3 is 6.03 Å². The number of likely N-dealkylation sites (N-methyl/N-ethyl adjacent to an activating group) is 2. The zero-order valence-electron chi connectivity index (χ0n) is 10.1. The molecular formula is C11H19N3O2. The number of imide groups is 1. The summed E-state index contributed by atoms with van der Waals surface area (Å²) in [5, 5.41) is 3.30. The molecule has 2 saturated heterocycles. The van der Waals surface area contributed by atoms with E-state index in [1.165, 1.54) is 4.90 Å². The molecule has 1 N–H and O–H groups in total. The van der Waals surface area contributed by atoms with Crippen LogP contribution in [0.4, 0.5) is 4.79 Å². The van der Waals surface area contributed by atoms with Crippen LogP contribution in [0, 0.1) is 5.92 Å². The average Bonchev–Trinajstić information content (AvgIpc) is 2.47. The Bertz CT molecular complexity index is 325. The van der Waals surface area contributed by atoms with Crippen molar-refractivity contribution in [1.29, 1.82) is 0 Å². The van der Waals surface area contributed by atoms with Gasteiger partial charge in [-0.3, -0.25) is 9.69 Å². The third-order valence-corrected chi connectivity index (χ3v) is 4.10. The summed E-state index contributed by atoms with van der Waals surface area (Å²) in [6.45, 7) is 3.70. The number of urea groups is 1. The van der Waals surface area contributed by atoms with Gasteiger partial charge < -0.3 is 10.2 Å². The normalized spacial score (nSPS) is 36.1. The van der Waals surface area contributed by atoms with Crippen molar-refractivity contribution < 1.29 is 9.59 Å². The number of piperidine rings is 1. The number of nitrogens with one attached hydrogen (secondary N) is 1. The first kappa shape index (κ1) is 11.4. The monoisotopic (exact) mass is 225 g/mol. The summed E-state index contributed by atoms with van der Waals surface area (Å²) in [4.78, 5) is 26.8. The van der Waals surface area contributed by atoms with Crippen LogP contribution in [0.2, 0.25) is 0 Å². The van der Waals surface area contributed by atoms with Crippen LogP contribution < -0.4 is 5.32 Å². The molecule has 0 saturated carbocycles. The summed E-state index contributed by atoms with van der Waals surface area (Å²) < 4.78 is 0. The second-order valence-corrected chi connectivity index (χ2v) is 4.90. The summed E-state index contributed by atoms with van der Waals surface area (Å²) in [5.74, 6) is 0.140. The number of rotatable bonds is 1. The number of nitrogens with zero attached hydrogens (tertiary/aromatic N) is 2. The lowest BCUT2D eigenvalue weighted by Gasteiger charge is -2.38. The van der Waals surface area contributed by atoms with Gasteiger partial charge in [0, 0.05) is 26.6 Å². The summed E-state index contributed by atoms with van der Waals surface area (Å²) in [5.41, 5.74) is -0.667. The van der Waals surface area contributed by atoms with Gasteiger partial charge in [0.2, 0.25) is 0 Å². The molecule has 2 fully saturated rings. The van der Waals surface area contributed by atoms with Crippen molar-refractivity contribution in [3.63, 3.8) is 0 Å². The van der Waals surface area contributed by atoms with E-state index >= 15 is 0 Å². The fourth-order valence-electron chi connectivity index (χ4n) is 2.77. The molecule has 5 heteroatoms. The molecule has 0 aromatic heterocycles. The van der Waals surface area contributed by atoms with Gasteiger partial charge in [-0.25, -0.2) is 4.79 Å². The number of amides is 3. The highest BCUT2D eigenvalue weighted by molar-refractivity contribution is 6.06. The lowest BCUT2D eigenvalue weighted by Crippen LogP contribution is -2.55. The van der Waals surface area contributed by atoms with Crippen LogP contribution in [0.15, 0.2) is 0 Å². The van der Waals surface area contributed by atoms with E-state index in [0.29, 0.717) is 0 Å². The Morgan fingerprint density at radius 2 is 2.06 bits per heavy atom. The van der Waals surface area contributed by atoms with Gasteiger partial charge in [0.1, 0.15) is 5.54 Å². The minimum absolute atomic E-state index is 0.0753. The molecule has 2 aliphatic rings. The van der Waals surface area contributed by atoms with Gasteiger partial charge in [-0.05, 0) is 26.3 Å². The van der Waals surface area contributed by atoms with E-state index in [1.807, 2.05) is 6.92 Å². The van der Waals surface area contributed by atoms with Crippen molar-refractivity contribution in [3.8, 4) is 0 Å². The molecule has 2 rings (SSSR count). The molecule has 0 bridgehead atoms. The second-order valence-electron chi connectivity index (χ2n) is 4.90. The van der Waals surface area contributed by atoms with Gasteiger partial charge in [0.25, 0.3) is 5.91 Å². The van der Waals surface area contributed by atoms with E-state index in [-0.39, 0.29) is 17.9 Å². The molecule has 16 heavy (non-hydrogen) atoms. The lowest BCUT2D eigenvalue weighted by atomic mass is 9.79. The van der Waals surface area contributed by atoms with E-state index in [1.54, 1.807) is 19.0 Å². The van der Waals surface area contributed by atoms with Gasteiger partial charge in [0.15, 0.2) is 0 Å². The number of carbonyl (C=O) groups is 2. The molecular weight excluding hydrogens is 206 g/mol. The Kier molecular flexibility index (Phi) is 2.66. The average molecular weight is 225 g/mol. The topological polar surface area (TPSA) is 52.7 Å². The Labute approximate surface area is 95.8 Å². The summed E-state index contributed by atoms with van der Waals surface area (Å²) in [6.07, 6.45) is 2.07. The molecule has 0 spiro atoms. The molecule has 0 aromatic rings. The van der Waals surface area contributed by atoms with Gasteiger partial charge in [-0.1, -0.05) is 0 Å². The van der Waals surface area contributed by atoms with Crippen molar-refractivity contribution >= 4 is 11.9 Å². The highest BCUT2D eigenvalue weighted by atomic mass is 16.2. The zero-order valence-corrected chi connectivity index (χ0v) is 10.1. The molecule has 90 valence electrons. The molecule has 0 radical (unpaired) electrons. The van der Waals surface area contributed by atoms with Crippen LogP contribution in [-0.4, -0.2) is 54.5 Å². The van der Waals surface area contributed by atoms with Gasteiger partial charge in [-0.2, -0.15) is 0 Å². The lowest BCUT2D eigenvalue weighted by molar-refractivity contribution is -0.134. The standard InChI is InChI=1S/C11H19N3O2/c1-11(8-5-4-6-12-7-8)9(15)13(2)10(16)14(11)3/h8,12H,4-7H2,1-3H3. The molecule has 3 amide bonds. The van der Waals surface area contributed by atoms with Crippen molar-refractivity contribution in [1.82, 2.24) is 15.1 Å². The highest BCUT2D eigenvalue weighted by Gasteiger charge is 2.55. The molecule has 5 nitrogen and oxygen atoms in total. The fraction of sp³-hybridized carbons (Fsp3) is 0.818. The molecule has 0 aliphatic carbocycles. The number of hydrogen-bond donors (Lipinski definition) is 1. The third-order valence-electron chi connectivity index (χ3n) is 4.10. The molecule has 2 unspecified atom stereocenters. The van der Waals surface area contributed by atoms with Gasteiger partial charge in [-0.15, -0.1) is 0 Å². The third kappa shape index (κ3) is 1.34. The summed E-state index contributed by atoms with van der Waals surface area (Å²) >= 11 is 0. The Balaban J connectivity index is 2.28. The first-order valence-electron chi connectivity index (χ1n) is 5.76. The van der Waals surface area contributed by atoms with E-state index in [2.05, 4.69) is 5.32 Å². The molecule has 2 aliphatic heterocycles. The minimum Gasteiger partial charge on any atom is -0.316 e. The maximum Gasteiger partial charge on any atom is 0.327 e. The first-order valence-corrected chi connectivity index (χ1v) is 5.76. The van der Waals surface area contributed by atoms with E-state index in [4.69, 9.17) is 0 Å². The quantitative estimate of drug-likeness (QED) is 0.652. The summed E-state index contributed by atoms with van der Waals surface area (Å²) in [6, 6.07) is -0.196. The Hall–Kier alpha value is -1.10. The largest absolute Gasteiger partial charge is 0.327 e. The van der Waals surface area contributed by atoms with E-state index < -0.39 is 5.54 Å². The summed E-state index contributed by atoms with van der Waals surface area (Å²) in [7, 11) is 3.28. The van der Waals surface area contributed by atoms with E-state index in [9.17, 15) is 9.59 Å². The smallest absolute Gasteiger partial charge is 0.316 e. The van der Waals surface area contributed by atoms with Crippen LogP contribution in [-0.2, 0) is 4.79 Å². The predicted octanol–water partition coefficient (Wildman–Crippen LogP) is 0.268. The Morgan fingerprint density at radius 1 is 1.38 bits per heavy atom. The van der Waals surface area contributed by atoms with Crippen molar-refractivity contribution in [3.05, 3.63) is 0 Å². The number of carbonyl (C=O) groups excluding carboxylic acids is 2. The zero-order chi connectivity index (χ0) is 11.9. The fourth-order valence-corrected chi connectivity index (χ4v) is 2.77. The van der Waals surface area contributed by atoms with Crippen LogP contribution in [0.5, 0.6) is 0 Å². The molecule has 2 heterocycles. The Morgan fingerprint density at radius 3 is 2.50 bits per heavy atom. The second kappa shape index (κ2) is 3.73. The first-order chi connectivity index (χ1) is 7.49. The van der Waals surface area contributed by atoms with E-state index in [0.717, 1.165) is 25.9 Å². The predicted molar refractivity (Wildman–Crippen MR) is 59.9 cm³/mol.